The van der Waals surface area contributed by atoms with Crippen LogP contribution in [0.5, 0.6) is 0 Å². The van der Waals surface area contributed by atoms with Gasteiger partial charge in [-0.3, -0.25) is 4.99 Å². The number of hydrogen-bond acceptors (Lipinski definition) is 5. The number of furan rings is 1. The standard InChI is InChI=1S/C16H20N4OS/c1-3-6-18-15-10-20(11(2)9-17)16-12(19-15)8-14(22-16)13-5-4-7-21-13/h4-5,7-9H,3,6,10,17H2,1-2H3,(H,18,19)/b11-9-. The lowest BCUT2D eigenvalue weighted by molar-refractivity contribution is 0.584. The lowest BCUT2D eigenvalue weighted by Crippen LogP contribution is -2.36. The Kier molecular flexibility index (Phi) is 4.20. The van der Waals surface area contributed by atoms with Crippen LogP contribution < -0.4 is 16.0 Å². The molecule has 0 atom stereocenters. The van der Waals surface area contributed by atoms with E-state index in [1.54, 1.807) is 23.8 Å². The predicted octanol–water partition coefficient (Wildman–Crippen LogP) is 3.87. The maximum Gasteiger partial charge on any atom is 0.143 e. The van der Waals surface area contributed by atoms with Gasteiger partial charge in [-0.1, -0.05) is 6.92 Å². The van der Waals surface area contributed by atoms with Crippen molar-refractivity contribution in [1.82, 2.24) is 0 Å². The van der Waals surface area contributed by atoms with E-state index in [2.05, 4.69) is 28.2 Å². The molecule has 0 aliphatic carbocycles. The number of nitrogens with two attached hydrogens (primary N) is 1. The second kappa shape index (κ2) is 6.27. The predicted molar refractivity (Wildman–Crippen MR) is 93.5 cm³/mol. The van der Waals surface area contributed by atoms with Gasteiger partial charge in [0.25, 0.3) is 0 Å². The van der Waals surface area contributed by atoms with Gasteiger partial charge in [0.2, 0.25) is 0 Å². The van der Waals surface area contributed by atoms with E-state index in [4.69, 9.17) is 10.2 Å². The van der Waals surface area contributed by atoms with E-state index in [0.717, 1.165) is 45.8 Å². The van der Waals surface area contributed by atoms with Crippen molar-refractivity contribution in [2.75, 3.05) is 23.3 Å². The Morgan fingerprint density at radius 3 is 3.14 bits per heavy atom. The molecule has 0 amide bonds. The molecule has 1 aliphatic rings. The first-order chi connectivity index (χ1) is 10.7. The Balaban J connectivity index is 2.00. The third-order valence-corrected chi connectivity index (χ3v) is 4.67. The molecule has 2 aromatic rings. The number of allylic oxidation sites excluding steroid dienone is 1. The molecule has 0 saturated heterocycles. The highest BCUT2D eigenvalue weighted by molar-refractivity contribution is 7.20. The van der Waals surface area contributed by atoms with Gasteiger partial charge in [0.1, 0.15) is 16.6 Å². The average Bonchev–Trinajstić information content (AvgIpc) is 3.19. The Bertz CT molecular complexity index is 700. The zero-order valence-corrected chi connectivity index (χ0v) is 13.6. The summed E-state index contributed by atoms with van der Waals surface area (Å²) in [5, 5.41) is 4.57. The molecule has 5 nitrogen and oxygen atoms in total. The molecule has 3 heterocycles. The molecule has 0 unspecified atom stereocenters. The maximum atomic E-state index is 5.73. The zero-order valence-electron chi connectivity index (χ0n) is 12.8. The van der Waals surface area contributed by atoms with Crippen LogP contribution >= 0.6 is 11.3 Å². The lowest BCUT2D eigenvalue weighted by atomic mass is 10.2. The van der Waals surface area contributed by atoms with E-state index in [9.17, 15) is 0 Å². The van der Waals surface area contributed by atoms with Crippen LogP contribution in [0.3, 0.4) is 0 Å². The highest BCUT2D eigenvalue weighted by atomic mass is 32.1. The highest BCUT2D eigenvalue weighted by Crippen LogP contribution is 2.44. The van der Waals surface area contributed by atoms with Crippen molar-refractivity contribution in [3.63, 3.8) is 0 Å². The lowest BCUT2D eigenvalue weighted by Gasteiger charge is -2.30. The number of hydrogen-bond donors (Lipinski definition) is 2. The molecular weight excluding hydrogens is 296 g/mol. The van der Waals surface area contributed by atoms with Gasteiger partial charge in [0.15, 0.2) is 0 Å². The number of thiophene rings is 1. The summed E-state index contributed by atoms with van der Waals surface area (Å²) in [6.07, 6.45) is 4.36. The van der Waals surface area contributed by atoms with E-state index >= 15 is 0 Å². The fourth-order valence-corrected chi connectivity index (χ4v) is 3.48. The quantitative estimate of drug-likeness (QED) is 0.898. The van der Waals surface area contributed by atoms with Crippen molar-refractivity contribution in [3.05, 3.63) is 36.4 Å². The van der Waals surface area contributed by atoms with Gasteiger partial charge in [0, 0.05) is 18.4 Å². The van der Waals surface area contributed by atoms with Crippen LogP contribution in [-0.2, 0) is 0 Å². The molecule has 0 radical (unpaired) electrons. The minimum Gasteiger partial charge on any atom is -0.464 e. The Morgan fingerprint density at radius 1 is 1.59 bits per heavy atom. The first-order valence-corrected chi connectivity index (χ1v) is 8.18. The fraction of sp³-hybridized carbons (Fsp3) is 0.312. The molecule has 3 rings (SSSR count). The molecule has 22 heavy (non-hydrogen) atoms. The summed E-state index contributed by atoms with van der Waals surface area (Å²) in [6.45, 7) is 5.68. The molecule has 116 valence electrons. The van der Waals surface area contributed by atoms with E-state index in [-0.39, 0.29) is 0 Å². The van der Waals surface area contributed by atoms with Crippen molar-refractivity contribution >= 4 is 27.9 Å². The van der Waals surface area contributed by atoms with Crippen LogP contribution in [-0.4, -0.2) is 18.9 Å². The Hall–Kier alpha value is -2.21. The van der Waals surface area contributed by atoms with Gasteiger partial charge in [-0.25, -0.2) is 0 Å². The van der Waals surface area contributed by atoms with Gasteiger partial charge in [0.05, 0.1) is 23.4 Å². The van der Waals surface area contributed by atoms with Crippen molar-refractivity contribution < 1.29 is 4.42 Å². The van der Waals surface area contributed by atoms with Crippen molar-refractivity contribution in [3.8, 4) is 10.6 Å². The van der Waals surface area contributed by atoms with Gasteiger partial charge in [-0.2, -0.15) is 0 Å². The monoisotopic (exact) mass is 316 g/mol. The van der Waals surface area contributed by atoms with Crippen molar-refractivity contribution in [2.24, 2.45) is 10.7 Å². The van der Waals surface area contributed by atoms with E-state index in [0.29, 0.717) is 6.54 Å². The second-order valence-electron chi connectivity index (χ2n) is 5.15. The number of rotatable bonds is 4. The van der Waals surface area contributed by atoms with Crippen LogP contribution in [0.25, 0.3) is 10.6 Å². The summed E-state index contributed by atoms with van der Waals surface area (Å²) >= 11 is 1.69. The van der Waals surface area contributed by atoms with Crippen LogP contribution in [0.1, 0.15) is 20.3 Å². The molecule has 3 N–H and O–H groups in total. The molecule has 0 aromatic carbocycles. The van der Waals surface area contributed by atoms with Gasteiger partial charge < -0.3 is 20.4 Å². The number of fused-ring (bicyclic) bond motifs is 1. The zero-order chi connectivity index (χ0) is 15.5. The van der Waals surface area contributed by atoms with Gasteiger partial charge >= 0.3 is 0 Å². The smallest absolute Gasteiger partial charge is 0.143 e. The third kappa shape index (κ3) is 2.74. The largest absolute Gasteiger partial charge is 0.464 e. The molecule has 6 heteroatoms. The number of anilines is 2. The first kappa shape index (κ1) is 14.7. The molecule has 2 aromatic heterocycles. The van der Waals surface area contributed by atoms with Gasteiger partial charge in [-0.05, 0) is 31.5 Å². The maximum absolute atomic E-state index is 5.73. The number of aliphatic imine (C=N–C) groups is 1. The summed E-state index contributed by atoms with van der Waals surface area (Å²) in [7, 11) is 0. The fourth-order valence-electron chi connectivity index (χ4n) is 2.34. The summed E-state index contributed by atoms with van der Waals surface area (Å²) < 4.78 is 5.51. The SMILES string of the molecule is CCCN=C1CN(/C(C)=C\N)c2sc(-c3ccco3)cc2N1. The van der Waals surface area contributed by atoms with Crippen molar-refractivity contribution in [1.29, 1.82) is 0 Å². The number of nitrogens with zero attached hydrogens (tertiary/aromatic N) is 2. The van der Waals surface area contributed by atoms with Crippen molar-refractivity contribution in [2.45, 2.75) is 20.3 Å². The number of nitrogens with one attached hydrogen (secondary N) is 1. The van der Waals surface area contributed by atoms with Crippen LogP contribution in [0.2, 0.25) is 0 Å². The van der Waals surface area contributed by atoms with E-state index < -0.39 is 0 Å². The summed E-state index contributed by atoms with van der Waals surface area (Å²) in [5.74, 6) is 1.85. The van der Waals surface area contributed by atoms with E-state index in [1.165, 1.54) is 0 Å². The second-order valence-corrected chi connectivity index (χ2v) is 6.19. The topological polar surface area (TPSA) is 66.8 Å². The van der Waals surface area contributed by atoms with Crippen LogP contribution in [0.15, 0.2) is 45.8 Å². The molecule has 0 bridgehead atoms. The van der Waals surface area contributed by atoms with E-state index in [1.807, 2.05) is 19.1 Å². The minimum absolute atomic E-state index is 0.713. The normalized spacial score (nSPS) is 16.7. The van der Waals surface area contributed by atoms with Crippen LogP contribution in [0, 0.1) is 0 Å². The minimum atomic E-state index is 0.713. The summed E-state index contributed by atoms with van der Waals surface area (Å²) in [4.78, 5) is 7.90. The molecule has 0 saturated carbocycles. The highest BCUT2D eigenvalue weighted by Gasteiger charge is 2.25. The molecule has 0 spiro atoms. The summed E-state index contributed by atoms with van der Waals surface area (Å²) in [6, 6.07) is 5.98. The first-order valence-electron chi connectivity index (χ1n) is 7.37. The Morgan fingerprint density at radius 2 is 2.45 bits per heavy atom. The average molecular weight is 316 g/mol. The molecule has 0 fully saturated rings. The summed E-state index contributed by atoms with van der Waals surface area (Å²) in [5.41, 5.74) is 7.80. The van der Waals surface area contributed by atoms with Gasteiger partial charge in [-0.15, -0.1) is 11.3 Å². The molecular formula is C16H20N4OS. The molecule has 1 aliphatic heterocycles. The third-order valence-electron chi connectivity index (χ3n) is 3.50. The van der Waals surface area contributed by atoms with Crippen LogP contribution in [0.4, 0.5) is 10.7 Å². The Labute approximate surface area is 134 Å². The number of amidine groups is 1.